The van der Waals surface area contributed by atoms with Crippen LogP contribution in [-0.4, -0.2) is 36.3 Å². The van der Waals surface area contributed by atoms with E-state index in [1.165, 1.54) is 38.5 Å². The van der Waals surface area contributed by atoms with Crippen LogP contribution in [0, 0.1) is 34.5 Å². The van der Waals surface area contributed by atoms with Gasteiger partial charge in [0.2, 0.25) is 11.8 Å². The summed E-state index contributed by atoms with van der Waals surface area (Å²) in [6.45, 7) is 7.96. The molecule has 4 aliphatic rings. The monoisotopic (exact) mass is 402 g/mol. The summed E-state index contributed by atoms with van der Waals surface area (Å²) < 4.78 is 0. The van der Waals surface area contributed by atoms with Gasteiger partial charge in [-0.3, -0.25) is 9.59 Å². The van der Waals surface area contributed by atoms with Crippen LogP contribution in [0.25, 0.3) is 0 Å². The van der Waals surface area contributed by atoms with Gasteiger partial charge in [-0.05, 0) is 80.0 Å². The van der Waals surface area contributed by atoms with Gasteiger partial charge >= 0.3 is 0 Å². The number of hydrogen-bond donors (Lipinski definition) is 1. The Morgan fingerprint density at radius 2 is 1.79 bits per heavy atom. The molecular weight excluding hydrogens is 360 g/mol. The van der Waals surface area contributed by atoms with E-state index in [2.05, 4.69) is 31.0 Å². The van der Waals surface area contributed by atoms with Gasteiger partial charge in [-0.25, -0.2) is 0 Å². The fourth-order valence-corrected chi connectivity index (χ4v) is 8.29. The number of likely N-dealkylation sites (tertiary alicyclic amines) is 1. The van der Waals surface area contributed by atoms with Crippen LogP contribution >= 0.6 is 0 Å². The number of rotatable bonds is 5. The Bertz CT molecular complexity index is 649. The molecule has 7 atom stereocenters. The van der Waals surface area contributed by atoms with Gasteiger partial charge in [0, 0.05) is 32.0 Å². The molecule has 2 amide bonds. The predicted molar refractivity (Wildman–Crippen MR) is 116 cm³/mol. The Morgan fingerprint density at radius 1 is 1.03 bits per heavy atom. The molecule has 0 aromatic rings. The molecule has 1 aliphatic heterocycles. The number of carbonyl (C=O) groups excluding carboxylic acids is 2. The van der Waals surface area contributed by atoms with Crippen molar-refractivity contribution in [3.63, 3.8) is 0 Å². The van der Waals surface area contributed by atoms with Crippen LogP contribution < -0.4 is 5.32 Å². The minimum atomic E-state index is 0.176. The first kappa shape index (κ1) is 21.2. The summed E-state index contributed by atoms with van der Waals surface area (Å²) in [4.78, 5) is 27.4. The SMILES string of the molecule is CCCCCNC(=O)[C@H]1CC[C@H]2[C@@H]3CCC4N(C)C(=O)CC[C@]4(C)[C@H]3CC[C@]12C. The summed E-state index contributed by atoms with van der Waals surface area (Å²) in [5, 5.41) is 3.27. The first-order chi connectivity index (χ1) is 13.8. The van der Waals surface area contributed by atoms with Crippen molar-refractivity contribution in [2.75, 3.05) is 13.6 Å². The second-order valence-electron chi connectivity index (χ2n) is 11.2. The van der Waals surface area contributed by atoms with E-state index in [9.17, 15) is 9.59 Å². The summed E-state index contributed by atoms with van der Waals surface area (Å²) in [5.74, 6) is 3.03. The lowest BCUT2D eigenvalue weighted by Gasteiger charge is -2.61. The molecule has 4 heteroatoms. The smallest absolute Gasteiger partial charge is 0.223 e. The first-order valence-electron chi connectivity index (χ1n) is 12.4. The molecule has 4 fully saturated rings. The van der Waals surface area contributed by atoms with E-state index < -0.39 is 0 Å². The van der Waals surface area contributed by atoms with Crippen LogP contribution in [0.15, 0.2) is 0 Å². The van der Waals surface area contributed by atoms with Crippen LogP contribution in [0.2, 0.25) is 0 Å². The molecule has 1 N–H and O–H groups in total. The van der Waals surface area contributed by atoms with Crippen molar-refractivity contribution in [3.05, 3.63) is 0 Å². The number of fused-ring (bicyclic) bond motifs is 5. The summed E-state index contributed by atoms with van der Waals surface area (Å²) >= 11 is 0. The van der Waals surface area contributed by atoms with E-state index in [1.54, 1.807) is 0 Å². The number of piperidine rings is 1. The molecule has 1 heterocycles. The standard InChI is InChI=1S/C25H42N2O2/c1-5-6-7-16-26-23(29)20-10-9-18-17-8-11-21-25(3,15-13-22(28)27(21)4)19(17)12-14-24(18,20)2/h17-21H,5-16H2,1-4H3,(H,26,29)/t17-,18-,19-,20+,21?,24-,25+/m0/s1. The van der Waals surface area contributed by atoms with Crippen molar-refractivity contribution < 1.29 is 9.59 Å². The van der Waals surface area contributed by atoms with Gasteiger partial charge in [-0.1, -0.05) is 33.6 Å². The van der Waals surface area contributed by atoms with Gasteiger partial charge in [-0.2, -0.15) is 0 Å². The number of amides is 2. The van der Waals surface area contributed by atoms with Crippen LogP contribution in [0.3, 0.4) is 0 Å². The highest BCUT2D eigenvalue weighted by Crippen LogP contribution is 2.66. The average molecular weight is 403 g/mol. The van der Waals surface area contributed by atoms with Crippen molar-refractivity contribution in [1.82, 2.24) is 10.2 Å². The number of hydrogen-bond acceptors (Lipinski definition) is 2. The zero-order chi connectivity index (χ0) is 20.8. The molecule has 0 spiro atoms. The molecule has 0 bridgehead atoms. The Morgan fingerprint density at radius 3 is 2.55 bits per heavy atom. The maximum Gasteiger partial charge on any atom is 0.223 e. The summed E-state index contributed by atoms with van der Waals surface area (Å²) in [5.41, 5.74) is 0.447. The van der Waals surface area contributed by atoms with Crippen molar-refractivity contribution in [2.45, 2.75) is 97.4 Å². The van der Waals surface area contributed by atoms with Gasteiger partial charge in [-0.15, -0.1) is 0 Å². The Kier molecular flexibility index (Phi) is 5.76. The van der Waals surface area contributed by atoms with E-state index in [0.717, 1.165) is 50.5 Å². The Balaban J connectivity index is 1.48. The molecule has 164 valence electrons. The molecule has 0 aromatic carbocycles. The molecule has 3 saturated carbocycles. The molecule has 3 aliphatic carbocycles. The lowest BCUT2D eigenvalue weighted by atomic mass is 9.47. The number of unbranched alkanes of at least 4 members (excludes halogenated alkanes) is 2. The van der Waals surface area contributed by atoms with E-state index in [4.69, 9.17) is 0 Å². The van der Waals surface area contributed by atoms with Crippen LogP contribution in [0.1, 0.15) is 91.4 Å². The second-order valence-corrected chi connectivity index (χ2v) is 11.2. The van der Waals surface area contributed by atoms with E-state index in [-0.39, 0.29) is 16.7 Å². The number of nitrogens with one attached hydrogen (secondary N) is 1. The third kappa shape index (κ3) is 3.33. The number of carbonyl (C=O) groups is 2. The highest BCUT2D eigenvalue weighted by atomic mass is 16.2. The number of nitrogens with zero attached hydrogens (tertiary/aromatic N) is 1. The predicted octanol–water partition coefficient (Wildman–Crippen LogP) is 4.77. The minimum Gasteiger partial charge on any atom is -0.356 e. The maximum absolute atomic E-state index is 13.0. The third-order valence-corrected chi connectivity index (χ3v) is 9.95. The zero-order valence-corrected chi connectivity index (χ0v) is 19.1. The first-order valence-corrected chi connectivity index (χ1v) is 12.4. The van der Waals surface area contributed by atoms with Gasteiger partial charge in [0.1, 0.15) is 0 Å². The van der Waals surface area contributed by atoms with Crippen molar-refractivity contribution in [2.24, 2.45) is 34.5 Å². The van der Waals surface area contributed by atoms with Crippen LogP contribution in [0.5, 0.6) is 0 Å². The van der Waals surface area contributed by atoms with E-state index >= 15 is 0 Å². The van der Waals surface area contributed by atoms with Gasteiger partial charge in [0.25, 0.3) is 0 Å². The molecule has 0 radical (unpaired) electrons. The highest BCUT2D eigenvalue weighted by Gasteiger charge is 2.62. The normalized spacial score (nSPS) is 44.1. The van der Waals surface area contributed by atoms with Gasteiger partial charge < -0.3 is 10.2 Å². The third-order valence-electron chi connectivity index (χ3n) is 9.95. The van der Waals surface area contributed by atoms with Crippen molar-refractivity contribution >= 4 is 11.8 Å². The Labute approximate surface area is 177 Å². The van der Waals surface area contributed by atoms with Crippen LogP contribution in [0.4, 0.5) is 0 Å². The van der Waals surface area contributed by atoms with Crippen molar-refractivity contribution in [1.29, 1.82) is 0 Å². The quantitative estimate of drug-likeness (QED) is 0.673. The average Bonchev–Trinajstić information content (AvgIpc) is 3.06. The summed E-state index contributed by atoms with van der Waals surface area (Å²) in [6.07, 6.45) is 12.4. The lowest BCUT2D eigenvalue weighted by molar-refractivity contribution is -0.159. The minimum absolute atomic E-state index is 0.176. The topological polar surface area (TPSA) is 49.4 Å². The van der Waals surface area contributed by atoms with Crippen molar-refractivity contribution in [3.8, 4) is 0 Å². The molecule has 29 heavy (non-hydrogen) atoms. The van der Waals surface area contributed by atoms with E-state index in [1.807, 2.05) is 7.05 Å². The largest absolute Gasteiger partial charge is 0.356 e. The molecule has 1 saturated heterocycles. The summed E-state index contributed by atoms with van der Waals surface area (Å²) in [7, 11) is 2.03. The zero-order valence-electron chi connectivity index (χ0n) is 19.1. The second kappa shape index (κ2) is 7.89. The maximum atomic E-state index is 13.0. The molecule has 4 rings (SSSR count). The lowest BCUT2D eigenvalue weighted by Crippen LogP contribution is -2.61. The molecule has 1 unspecified atom stereocenters. The van der Waals surface area contributed by atoms with Gasteiger partial charge in [0.15, 0.2) is 0 Å². The highest BCUT2D eigenvalue weighted by molar-refractivity contribution is 5.80. The Hall–Kier alpha value is -1.06. The molecule has 0 aromatic heterocycles. The molecular formula is C25H42N2O2. The van der Waals surface area contributed by atoms with Crippen LogP contribution in [-0.2, 0) is 9.59 Å². The van der Waals surface area contributed by atoms with Gasteiger partial charge in [0.05, 0.1) is 0 Å². The fraction of sp³-hybridized carbons (Fsp3) is 0.920. The summed E-state index contributed by atoms with van der Waals surface area (Å²) in [6, 6.07) is 0.424. The molecule has 4 nitrogen and oxygen atoms in total. The van der Waals surface area contributed by atoms with E-state index in [0.29, 0.717) is 23.8 Å². The fourth-order valence-electron chi connectivity index (χ4n) is 8.29.